The van der Waals surface area contributed by atoms with E-state index in [1.54, 1.807) is 6.07 Å². The van der Waals surface area contributed by atoms with Crippen LogP contribution < -0.4 is 35.0 Å². The van der Waals surface area contributed by atoms with Crippen molar-refractivity contribution in [3.63, 3.8) is 0 Å². The highest BCUT2D eigenvalue weighted by Gasteiger charge is 2.15. The number of carbonyl (C=O) groups excluding carboxylic acids is 1. The van der Waals surface area contributed by atoms with Crippen LogP contribution in [0.3, 0.4) is 0 Å². The minimum atomic E-state index is -0.0557. The average Bonchev–Trinajstić information content (AvgIpc) is 3.04. The normalized spacial score (nSPS) is 11.8. The maximum absolute atomic E-state index is 11.2. The van der Waals surface area contributed by atoms with Gasteiger partial charge in [0.05, 0.1) is 11.6 Å². The molecule has 44 heavy (non-hydrogen) atoms. The summed E-state index contributed by atoms with van der Waals surface area (Å²) in [6, 6.07) is 25.9. The molecule has 0 spiro atoms. The largest absolute Gasteiger partial charge is 0.489 e. The third-order valence-electron chi connectivity index (χ3n) is 7.48. The van der Waals surface area contributed by atoms with Gasteiger partial charge in [-0.25, -0.2) is 0 Å². The molecule has 224 valence electrons. The lowest BCUT2D eigenvalue weighted by atomic mass is 9.92. The summed E-state index contributed by atoms with van der Waals surface area (Å²) in [6.07, 6.45) is 0. The van der Waals surface area contributed by atoms with Gasteiger partial charge in [-0.15, -0.1) is 0 Å². The fourth-order valence-electron chi connectivity index (χ4n) is 5.12. The van der Waals surface area contributed by atoms with Crippen molar-refractivity contribution in [3.05, 3.63) is 101 Å². The lowest BCUT2D eigenvalue weighted by Crippen LogP contribution is -2.30. The van der Waals surface area contributed by atoms with E-state index in [0.29, 0.717) is 57.4 Å². The molecule has 9 heteroatoms. The Morgan fingerprint density at radius 2 is 1.70 bits per heavy atom. The van der Waals surface area contributed by atoms with Crippen molar-refractivity contribution in [2.24, 2.45) is 0 Å². The summed E-state index contributed by atoms with van der Waals surface area (Å²) >= 11 is 0. The van der Waals surface area contributed by atoms with Gasteiger partial charge in [0.2, 0.25) is 5.91 Å². The number of hydrogen-bond donors (Lipinski definition) is 2. The third-order valence-corrected chi connectivity index (χ3v) is 7.48. The van der Waals surface area contributed by atoms with Gasteiger partial charge in [0.25, 0.3) is 0 Å². The Morgan fingerprint density at radius 1 is 0.909 bits per heavy atom. The second kappa shape index (κ2) is 14.5. The van der Waals surface area contributed by atoms with Gasteiger partial charge in [-0.3, -0.25) is 4.79 Å². The Hall–Kier alpha value is -4.94. The fourth-order valence-corrected chi connectivity index (χ4v) is 5.12. The van der Waals surface area contributed by atoms with E-state index in [4.69, 9.17) is 18.9 Å². The molecule has 5 rings (SSSR count). The molecule has 4 aromatic rings. The zero-order chi connectivity index (χ0) is 30.9. The van der Waals surface area contributed by atoms with E-state index < -0.39 is 0 Å². The Balaban J connectivity index is 1.33. The Morgan fingerprint density at radius 3 is 2.52 bits per heavy atom. The number of fused-ring (bicyclic) bond motifs is 1. The quantitative estimate of drug-likeness (QED) is 0.191. The van der Waals surface area contributed by atoms with Gasteiger partial charge in [0, 0.05) is 38.2 Å². The van der Waals surface area contributed by atoms with Crippen molar-refractivity contribution >= 4 is 19.2 Å². The van der Waals surface area contributed by atoms with E-state index in [2.05, 4.69) is 47.9 Å². The van der Waals surface area contributed by atoms with E-state index in [0.717, 1.165) is 56.1 Å². The molecule has 0 fully saturated rings. The molecule has 0 aliphatic carbocycles. The first-order chi connectivity index (χ1) is 21.4. The predicted molar refractivity (Wildman–Crippen MR) is 172 cm³/mol. The Labute approximate surface area is 259 Å². The lowest BCUT2D eigenvalue weighted by Gasteiger charge is -2.20. The molecule has 1 aliphatic heterocycles. The molecule has 1 heterocycles. The molecule has 4 aromatic carbocycles. The van der Waals surface area contributed by atoms with E-state index in [9.17, 15) is 10.1 Å². The first kappa shape index (κ1) is 30.5. The predicted octanol–water partition coefficient (Wildman–Crippen LogP) is 3.95. The fraction of sp³-hybridized carbons (Fsp3) is 0.257. The summed E-state index contributed by atoms with van der Waals surface area (Å²) in [4.78, 5) is 11.2. The van der Waals surface area contributed by atoms with Gasteiger partial charge in [0.1, 0.15) is 45.8 Å². The first-order valence-corrected chi connectivity index (χ1v) is 14.7. The van der Waals surface area contributed by atoms with Crippen LogP contribution in [0.15, 0.2) is 72.8 Å². The van der Waals surface area contributed by atoms with Crippen molar-refractivity contribution in [2.45, 2.75) is 33.6 Å². The highest BCUT2D eigenvalue weighted by molar-refractivity contribution is 6.34. The number of nitriles is 1. The number of nitrogens with zero attached hydrogens (tertiary/aromatic N) is 1. The highest BCUT2D eigenvalue weighted by Crippen LogP contribution is 2.36. The minimum absolute atomic E-state index is 0.0557. The van der Waals surface area contributed by atoms with Gasteiger partial charge in [0.15, 0.2) is 11.5 Å². The average molecular weight is 590 g/mol. The zero-order valence-electron chi connectivity index (χ0n) is 25.4. The monoisotopic (exact) mass is 589 g/mol. The minimum Gasteiger partial charge on any atom is -0.489 e. The maximum atomic E-state index is 11.2. The number of carbonyl (C=O) groups is 1. The van der Waals surface area contributed by atoms with Gasteiger partial charge < -0.3 is 29.6 Å². The van der Waals surface area contributed by atoms with Crippen molar-refractivity contribution in [1.82, 2.24) is 10.6 Å². The molecule has 1 aliphatic rings. The molecule has 0 saturated heterocycles. The topological polar surface area (TPSA) is 102 Å². The molecule has 0 unspecified atom stereocenters. The molecule has 0 radical (unpaired) electrons. The number of ether oxygens (including phenoxy) is 4. The van der Waals surface area contributed by atoms with Crippen LogP contribution in [-0.2, 0) is 24.6 Å². The summed E-state index contributed by atoms with van der Waals surface area (Å²) in [5, 5.41) is 15.5. The van der Waals surface area contributed by atoms with Crippen molar-refractivity contribution in [2.75, 3.05) is 26.3 Å². The molecule has 0 aromatic heterocycles. The second-order valence-corrected chi connectivity index (χ2v) is 10.7. The van der Waals surface area contributed by atoms with Crippen LogP contribution >= 0.6 is 0 Å². The number of benzene rings is 4. The molecule has 0 saturated carbocycles. The maximum Gasteiger partial charge on any atom is 0.216 e. The third kappa shape index (κ3) is 7.71. The number of hydrogen-bond acceptors (Lipinski definition) is 7. The van der Waals surface area contributed by atoms with Crippen molar-refractivity contribution < 1.29 is 23.7 Å². The van der Waals surface area contributed by atoms with Crippen LogP contribution in [0, 0.1) is 18.3 Å². The van der Waals surface area contributed by atoms with Gasteiger partial charge in [-0.1, -0.05) is 42.5 Å². The zero-order valence-corrected chi connectivity index (χ0v) is 25.4. The summed E-state index contributed by atoms with van der Waals surface area (Å²) in [7, 11) is 2.02. The summed E-state index contributed by atoms with van der Waals surface area (Å²) in [5.41, 5.74) is 7.86. The summed E-state index contributed by atoms with van der Waals surface area (Å²) < 4.78 is 24.2. The summed E-state index contributed by atoms with van der Waals surface area (Å²) in [5.74, 6) is 2.91. The smallest absolute Gasteiger partial charge is 0.216 e. The number of nitrogens with one attached hydrogen (secondary N) is 2. The molecule has 1 amide bonds. The molecular formula is C35H36BN3O5. The van der Waals surface area contributed by atoms with Gasteiger partial charge >= 0.3 is 0 Å². The van der Waals surface area contributed by atoms with Crippen LogP contribution in [0.5, 0.6) is 23.0 Å². The number of rotatable bonds is 12. The molecule has 0 bridgehead atoms. The molecule has 2 N–H and O–H groups in total. The van der Waals surface area contributed by atoms with Crippen LogP contribution in [0.25, 0.3) is 11.1 Å². The standard InChI is InChI=1S/C35H36BN3O5/c1-23-28(7-4-8-30(23)27-9-10-32-35(17-27)42-14-13-41-32)22-44-34-18-33(43-21-26-6-3-5-25(15-26)19-37)29(16-31(34)36)20-38-11-12-39-24(2)40/h3-10,15-18,38H,11-14,20-22,36H2,1-2H3,(H,39,40). The van der Waals surface area contributed by atoms with E-state index in [1.807, 2.05) is 50.3 Å². The van der Waals surface area contributed by atoms with Crippen LogP contribution in [0.2, 0.25) is 0 Å². The molecular weight excluding hydrogens is 553 g/mol. The highest BCUT2D eigenvalue weighted by atomic mass is 16.6. The van der Waals surface area contributed by atoms with Crippen LogP contribution in [0.1, 0.15) is 34.7 Å². The first-order valence-electron chi connectivity index (χ1n) is 14.7. The van der Waals surface area contributed by atoms with Crippen LogP contribution in [0.4, 0.5) is 0 Å². The lowest BCUT2D eigenvalue weighted by molar-refractivity contribution is -0.118. The van der Waals surface area contributed by atoms with Gasteiger partial charge in [-0.2, -0.15) is 5.26 Å². The molecule has 0 atom stereocenters. The van der Waals surface area contributed by atoms with E-state index in [-0.39, 0.29) is 5.91 Å². The second-order valence-electron chi connectivity index (χ2n) is 10.7. The SMILES string of the molecule is Bc1cc(CNCCNC(C)=O)c(OCc2cccc(C#N)c2)cc1OCc1cccc(-c2ccc3c(c2)OCCO3)c1C. The number of amides is 1. The van der Waals surface area contributed by atoms with Crippen molar-refractivity contribution in [1.29, 1.82) is 5.26 Å². The van der Waals surface area contributed by atoms with E-state index in [1.165, 1.54) is 6.92 Å². The van der Waals surface area contributed by atoms with Crippen LogP contribution in [-0.4, -0.2) is 40.1 Å². The molecule has 8 nitrogen and oxygen atoms in total. The van der Waals surface area contributed by atoms with Crippen molar-refractivity contribution in [3.8, 4) is 40.2 Å². The van der Waals surface area contributed by atoms with Gasteiger partial charge in [-0.05, 0) is 64.5 Å². The van der Waals surface area contributed by atoms with E-state index >= 15 is 0 Å². The Kier molecular flexibility index (Phi) is 10.1. The Bertz CT molecular complexity index is 1680. The summed E-state index contributed by atoms with van der Waals surface area (Å²) in [6.45, 7) is 7.16.